The summed E-state index contributed by atoms with van der Waals surface area (Å²) in [5, 5.41) is 5.40. The summed E-state index contributed by atoms with van der Waals surface area (Å²) in [7, 11) is 0. The average molecular weight is 434 g/mol. The van der Waals surface area contributed by atoms with Crippen LogP contribution in [0.3, 0.4) is 0 Å². The van der Waals surface area contributed by atoms with Gasteiger partial charge in [-0.3, -0.25) is 4.79 Å². The van der Waals surface area contributed by atoms with Gasteiger partial charge in [0.05, 0.1) is 0 Å². The summed E-state index contributed by atoms with van der Waals surface area (Å²) in [6.07, 6.45) is 2.56. The van der Waals surface area contributed by atoms with Crippen molar-refractivity contribution in [2.45, 2.75) is 39.5 Å². The highest BCUT2D eigenvalue weighted by Crippen LogP contribution is 2.19. The van der Waals surface area contributed by atoms with Crippen LogP contribution in [0.5, 0.6) is 5.75 Å². The molecule has 2 aromatic heterocycles. The number of nitrogens with one attached hydrogen (secondary N) is 2. The van der Waals surface area contributed by atoms with Crippen molar-refractivity contribution in [3.63, 3.8) is 0 Å². The zero-order valence-electron chi connectivity index (χ0n) is 18.3. The van der Waals surface area contributed by atoms with Gasteiger partial charge < -0.3 is 20.1 Å². The largest absolute Gasteiger partial charge is 0.486 e. The average Bonchev–Trinajstić information content (AvgIpc) is 2.76. The van der Waals surface area contributed by atoms with Crippen LogP contribution in [0.1, 0.15) is 42.4 Å². The molecule has 2 amide bonds. The van der Waals surface area contributed by atoms with Crippen LogP contribution >= 0.6 is 0 Å². The molecule has 0 spiro atoms. The molecular weight excluding hydrogens is 408 g/mol. The Morgan fingerprint density at radius 3 is 2.47 bits per heavy atom. The van der Waals surface area contributed by atoms with Gasteiger partial charge in [0.25, 0.3) is 5.91 Å². The second-order valence-corrected chi connectivity index (χ2v) is 7.98. The first-order valence-corrected chi connectivity index (χ1v) is 10.1. The molecule has 2 N–H and O–H groups in total. The summed E-state index contributed by atoms with van der Waals surface area (Å²) in [6, 6.07) is 16.5. The monoisotopic (exact) mass is 434 g/mol. The molecule has 0 unspecified atom stereocenters. The zero-order valence-corrected chi connectivity index (χ0v) is 18.3. The Hall–Kier alpha value is -3.94. The Labute approximate surface area is 187 Å². The van der Waals surface area contributed by atoms with Crippen LogP contribution in [-0.2, 0) is 17.9 Å². The van der Waals surface area contributed by atoms with E-state index in [0.29, 0.717) is 18.2 Å². The summed E-state index contributed by atoms with van der Waals surface area (Å²) in [5.41, 5.74) is 1.31. The molecule has 0 saturated heterocycles. The number of aromatic nitrogens is 2. The molecular formula is C24H26N4O4. The summed E-state index contributed by atoms with van der Waals surface area (Å²) >= 11 is 0. The molecule has 1 aromatic carbocycles. The summed E-state index contributed by atoms with van der Waals surface area (Å²) < 4.78 is 11.0. The van der Waals surface area contributed by atoms with E-state index in [1.165, 1.54) is 6.20 Å². The smallest absolute Gasteiger partial charge is 0.407 e. The number of carbonyl (C=O) groups is 2. The number of anilines is 1. The number of nitrogens with zero attached hydrogens (tertiary/aromatic N) is 2. The van der Waals surface area contributed by atoms with Crippen LogP contribution in [-0.4, -0.2) is 27.6 Å². The molecule has 0 aliphatic rings. The van der Waals surface area contributed by atoms with E-state index in [-0.39, 0.29) is 12.2 Å². The number of ether oxygens (including phenoxy) is 2. The molecule has 0 fully saturated rings. The summed E-state index contributed by atoms with van der Waals surface area (Å²) in [5.74, 6) is 0.258. The number of alkyl carbamates (subject to hydrolysis) is 1. The fraction of sp³-hybridized carbons (Fsp3) is 0.250. The lowest BCUT2D eigenvalue weighted by atomic mass is 10.2. The van der Waals surface area contributed by atoms with Gasteiger partial charge in [-0.15, -0.1) is 0 Å². The van der Waals surface area contributed by atoms with Gasteiger partial charge in [-0.05, 0) is 56.2 Å². The number of amides is 2. The first-order chi connectivity index (χ1) is 15.3. The Kier molecular flexibility index (Phi) is 7.38. The minimum Gasteiger partial charge on any atom is -0.486 e. The maximum atomic E-state index is 12.8. The van der Waals surface area contributed by atoms with Crippen LogP contribution in [0.15, 0.2) is 67.0 Å². The number of hydrogen-bond acceptors (Lipinski definition) is 6. The van der Waals surface area contributed by atoms with E-state index in [1.54, 1.807) is 51.2 Å². The predicted molar refractivity (Wildman–Crippen MR) is 120 cm³/mol. The minimum atomic E-state index is -0.579. The van der Waals surface area contributed by atoms with Crippen molar-refractivity contribution in [2.24, 2.45) is 0 Å². The quantitative estimate of drug-likeness (QED) is 0.574. The normalized spacial score (nSPS) is 10.8. The Balaban J connectivity index is 1.62. The second kappa shape index (κ2) is 10.4. The Morgan fingerprint density at radius 2 is 1.72 bits per heavy atom. The Bertz CT molecular complexity index is 1060. The molecule has 166 valence electrons. The molecule has 0 aliphatic heterocycles. The highest BCUT2D eigenvalue weighted by molar-refractivity contribution is 6.04. The van der Waals surface area contributed by atoms with Crippen molar-refractivity contribution >= 4 is 17.8 Å². The van der Waals surface area contributed by atoms with Gasteiger partial charge in [-0.25, -0.2) is 14.8 Å². The first-order valence-electron chi connectivity index (χ1n) is 10.1. The van der Waals surface area contributed by atoms with Gasteiger partial charge in [0, 0.05) is 18.9 Å². The third-order valence-electron chi connectivity index (χ3n) is 4.12. The van der Waals surface area contributed by atoms with Gasteiger partial charge in [-0.1, -0.05) is 30.3 Å². The van der Waals surface area contributed by atoms with Crippen molar-refractivity contribution in [1.29, 1.82) is 0 Å². The molecule has 0 bridgehead atoms. The summed E-state index contributed by atoms with van der Waals surface area (Å²) in [4.78, 5) is 33.0. The van der Waals surface area contributed by atoms with Gasteiger partial charge in [0.1, 0.15) is 18.0 Å². The fourth-order valence-electron chi connectivity index (χ4n) is 2.73. The molecule has 0 saturated carbocycles. The number of pyridine rings is 2. The number of benzene rings is 1. The van der Waals surface area contributed by atoms with E-state index < -0.39 is 17.6 Å². The molecule has 3 aromatic rings. The Morgan fingerprint density at radius 1 is 0.938 bits per heavy atom. The van der Waals surface area contributed by atoms with Gasteiger partial charge in [-0.2, -0.15) is 0 Å². The highest BCUT2D eigenvalue weighted by atomic mass is 16.6. The standard InChI is InChI=1S/C24H26N4O4/c1-24(2,3)32-23(30)27-15-18-11-13-25-20(14-18)28-22(29)21-19(10-7-12-26-21)31-16-17-8-5-4-6-9-17/h4-14H,15-16H2,1-3H3,(H,27,30)(H,25,28,29). The van der Waals surface area contributed by atoms with Crippen LogP contribution in [0.2, 0.25) is 0 Å². The highest BCUT2D eigenvalue weighted by Gasteiger charge is 2.17. The van der Waals surface area contributed by atoms with Crippen LogP contribution < -0.4 is 15.4 Å². The van der Waals surface area contributed by atoms with Crippen molar-refractivity contribution in [3.8, 4) is 5.75 Å². The minimum absolute atomic E-state index is 0.155. The lowest BCUT2D eigenvalue weighted by Gasteiger charge is -2.19. The van der Waals surface area contributed by atoms with Crippen LogP contribution in [0, 0.1) is 0 Å². The number of rotatable bonds is 7. The molecule has 3 rings (SSSR count). The molecule has 8 heteroatoms. The van der Waals surface area contributed by atoms with E-state index in [9.17, 15) is 9.59 Å². The molecule has 0 aliphatic carbocycles. The van der Waals surface area contributed by atoms with Gasteiger partial charge in [0.2, 0.25) is 0 Å². The lowest BCUT2D eigenvalue weighted by molar-refractivity contribution is 0.0523. The topological polar surface area (TPSA) is 102 Å². The third kappa shape index (κ3) is 7.09. The van der Waals surface area contributed by atoms with Crippen LogP contribution in [0.4, 0.5) is 10.6 Å². The summed E-state index contributed by atoms with van der Waals surface area (Å²) in [6.45, 7) is 5.93. The molecule has 2 heterocycles. The number of hydrogen-bond donors (Lipinski definition) is 2. The molecule has 0 atom stereocenters. The third-order valence-corrected chi connectivity index (χ3v) is 4.12. The van der Waals surface area contributed by atoms with Crippen molar-refractivity contribution in [3.05, 3.63) is 83.8 Å². The number of carbonyl (C=O) groups excluding carboxylic acids is 2. The predicted octanol–water partition coefficient (Wildman–Crippen LogP) is 4.33. The maximum absolute atomic E-state index is 12.8. The maximum Gasteiger partial charge on any atom is 0.407 e. The fourth-order valence-corrected chi connectivity index (χ4v) is 2.73. The van der Waals surface area contributed by atoms with E-state index in [4.69, 9.17) is 9.47 Å². The van der Waals surface area contributed by atoms with Gasteiger partial charge >= 0.3 is 6.09 Å². The van der Waals surface area contributed by atoms with Crippen molar-refractivity contribution in [2.75, 3.05) is 5.32 Å². The van der Waals surface area contributed by atoms with E-state index in [0.717, 1.165) is 11.1 Å². The first kappa shape index (κ1) is 22.7. The molecule has 32 heavy (non-hydrogen) atoms. The van der Waals surface area contributed by atoms with Crippen molar-refractivity contribution in [1.82, 2.24) is 15.3 Å². The van der Waals surface area contributed by atoms with E-state index in [1.807, 2.05) is 30.3 Å². The lowest BCUT2D eigenvalue weighted by Crippen LogP contribution is -2.32. The second-order valence-electron chi connectivity index (χ2n) is 7.98. The van der Waals surface area contributed by atoms with Gasteiger partial charge in [0.15, 0.2) is 11.4 Å². The van der Waals surface area contributed by atoms with E-state index in [2.05, 4.69) is 20.6 Å². The van der Waals surface area contributed by atoms with Crippen molar-refractivity contribution < 1.29 is 19.1 Å². The molecule has 8 nitrogen and oxygen atoms in total. The zero-order chi connectivity index (χ0) is 23.0. The van der Waals surface area contributed by atoms with Crippen LogP contribution in [0.25, 0.3) is 0 Å². The molecule has 0 radical (unpaired) electrons. The van der Waals surface area contributed by atoms with E-state index >= 15 is 0 Å². The SMILES string of the molecule is CC(C)(C)OC(=O)NCc1ccnc(NC(=O)c2ncccc2OCc2ccccc2)c1.